The summed E-state index contributed by atoms with van der Waals surface area (Å²) < 4.78 is 5.21. The first-order chi connectivity index (χ1) is 13.1. The van der Waals surface area contributed by atoms with Crippen LogP contribution in [0.5, 0.6) is 0 Å². The highest BCUT2D eigenvalue weighted by Crippen LogP contribution is 2.36. The zero-order chi connectivity index (χ0) is 19.2. The highest BCUT2D eigenvalue weighted by molar-refractivity contribution is 7.15. The molecular formula is C21H20N2O3S. The van der Waals surface area contributed by atoms with Gasteiger partial charge in [-0.25, -0.2) is 9.59 Å². The van der Waals surface area contributed by atoms with Crippen LogP contribution in [-0.2, 0) is 4.74 Å². The lowest BCUT2D eigenvalue weighted by Gasteiger charge is -2.10. The molecule has 2 N–H and O–H groups in total. The highest BCUT2D eigenvalue weighted by Gasteiger charge is 2.22. The second-order valence-corrected chi connectivity index (χ2v) is 6.76. The Hall–Kier alpha value is -3.12. The molecule has 1 heterocycles. The van der Waals surface area contributed by atoms with Gasteiger partial charge in [-0.3, -0.25) is 5.32 Å². The lowest BCUT2D eigenvalue weighted by atomic mass is 10.0. The topological polar surface area (TPSA) is 67.4 Å². The maximum atomic E-state index is 12.5. The van der Waals surface area contributed by atoms with Crippen LogP contribution >= 0.6 is 11.3 Å². The minimum absolute atomic E-state index is 0.262. The molecule has 0 radical (unpaired) electrons. The molecule has 2 amide bonds. The first kappa shape index (κ1) is 18.7. The Morgan fingerprint density at radius 3 is 2.37 bits per heavy atom. The van der Waals surface area contributed by atoms with Gasteiger partial charge in [0, 0.05) is 16.6 Å². The molecule has 5 nitrogen and oxygen atoms in total. The van der Waals surface area contributed by atoms with Crippen LogP contribution in [0.2, 0.25) is 0 Å². The normalized spacial score (nSPS) is 10.3. The maximum absolute atomic E-state index is 12.5. The Morgan fingerprint density at radius 1 is 1.00 bits per heavy atom. The molecule has 0 atom stereocenters. The number of anilines is 2. The highest BCUT2D eigenvalue weighted by atomic mass is 32.1. The summed E-state index contributed by atoms with van der Waals surface area (Å²) >= 11 is 1.30. The number of carbonyl (C=O) groups excluding carboxylic acids is 2. The summed E-state index contributed by atoms with van der Waals surface area (Å²) in [6.07, 6.45) is 0. The van der Waals surface area contributed by atoms with Crippen molar-refractivity contribution in [1.82, 2.24) is 0 Å². The Bertz CT molecular complexity index is 934. The summed E-state index contributed by atoms with van der Waals surface area (Å²) in [7, 11) is 0. The van der Waals surface area contributed by atoms with Crippen molar-refractivity contribution in [2.45, 2.75) is 13.8 Å². The number of hydrogen-bond acceptors (Lipinski definition) is 4. The molecule has 138 valence electrons. The van der Waals surface area contributed by atoms with Gasteiger partial charge in [-0.1, -0.05) is 48.0 Å². The van der Waals surface area contributed by atoms with Crippen LogP contribution in [0.1, 0.15) is 22.8 Å². The van der Waals surface area contributed by atoms with Gasteiger partial charge in [-0.15, -0.1) is 11.3 Å². The van der Waals surface area contributed by atoms with Gasteiger partial charge in [0.2, 0.25) is 0 Å². The molecule has 3 aromatic rings. The first-order valence-electron chi connectivity index (χ1n) is 8.57. The van der Waals surface area contributed by atoms with E-state index in [0.717, 1.165) is 16.7 Å². The predicted molar refractivity (Wildman–Crippen MR) is 110 cm³/mol. The average Bonchev–Trinajstić information content (AvgIpc) is 3.06. The van der Waals surface area contributed by atoms with Crippen LogP contribution < -0.4 is 10.6 Å². The van der Waals surface area contributed by atoms with Gasteiger partial charge in [0.15, 0.2) is 0 Å². The Kier molecular flexibility index (Phi) is 5.88. The molecule has 0 saturated carbocycles. The van der Waals surface area contributed by atoms with Gasteiger partial charge in [0.25, 0.3) is 0 Å². The van der Waals surface area contributed by atoms with Crippen LogP contribution in [0, 0.1) is 6.92 Å². The smallest absolute Gasteiger partial charge is 0.341 e. The molecule has 1 aromatic heterocycles. The summed E-state index contributed by atoms with van der Waals surface area (Å²) in [5.74, 6) is -0.454. The Balaban J connectivity index is 1.89. The van der Waals surface area contributed by atoms with Crippen LogP contribution in [-0.4, -0.2) is 18.6 Å². The number of nitrogens with one attached hydrogen (secondary N) is 2. The maximum Gasteiger partial charge on any atom is 0.341 e. The molecule has 2 aromatic carbocycles. The Morgan fingerprint density at radius 2 is 1.70 bits per heavy atom. The van der Waals surface area contributed by atoms with E-state index in [0.29, 0.717) is 16.3 Å². The molecule has 0 bridgehead atoms. The second-order valence-electron chi connectivity index (χ2n) is 5.89. The van der Waals surface area contributed by atoms with Gasteiger partial charge < -0.3 is 10.1 Å². The molecule has 6 heteroatoms. The second kappa shape index (κ2) is 8.51. The number of carbonyl (C=O) groups is 2. The van der Waals surface area contributed by atoms with Crippen molar-refractivity contribution in [2.75, 3.05) is 17.2 Å². The van der Waals surface area contributed by atoms with Crippen LogP contribution in [0.15, 0.2) is 60.0 Å². The number of urea groups is 1. The quantitative estimate of drug-likeness (QED) is 0.571. The minimum atomic E-state index is -0.454. The number of hydrogen-bond donors (Lipinski definition) is 2. The number of esters is 1. The fraction of sp³-hybridized carbons (Fsp3) is 0.143. The van der Waals surface area contributed by atoms with E-state index in [-0.39, 0.29) is 6.61 Å². The summed E-state index contributed by atoms with van der Waals surface area (Å²) in [5.41, 5.74) is 3.81. The van der Waals surface area contributed by atoms with Gasteiger partial charge in [0.1, 0.15) is 10.6 Å². The number of para-hydroxylation sites is 1. The van der Waals surface area contributed by atoms with E-state index in [4.69, 9.17) is 4.74 Å². The lowest BCUT2D eigenvalue weighted by molar-refractivity contribution is 0.0529. The van der Waals surface area contributed by atoms with E-state index in [1.165, 1.54) is 11.3 Å². The summed E-state index contributed by atoms with van der Waals surface area (Å²) in [4.78, 5) is 24.9. The molecule has 0 fully saturated rings. The van der Waals surface area contributed by atoms with Gasteiger partial charge in [-0.2, -0.15) is 0 Å². The van der Waals surface area contributed by atoms with Crippen molar-refractivity contribution in [3.05, 3.63) is 71.1 Å². The van der Waals surface area contributed by atoms with Crippen LogP contribution in [0.25, 0.3) is 11.1 Å². The number of ether oxygens (including phenoxy) is 1. The number of thiophene rings is 1. The van der Waals surface area contributed by atoms with Crippen LogP contribution in [0.3, 0.4) is 0 Å². The predicted octanol–water partition coefficient (Wildman–Crippen LogP) is 5.54. The van der Waals surface area contributed by atoms with E-state index in [2.05, 4.69) is 10.6 Å². The molecule has 0 aliphatic rings. The number of amides is 2. The fourth-order valence-electron chi connectivity index (χ4n) is 2.59. The largest absolute Gasteiger partial charge is 0.462 e. The molecule has 0 spiro atoms. The standard InChI is InChI=1S/C21H20N2O3S/c1-3-26-20(24)18-17(15-11-9-14(2)10-12-15)13-27-19(18)23-21(25)22-16-7-5-4-6-8-16/h4-13H,3H2,1-2H3,(H2,22,23,25). The third-order valence-electron chi connectivity index (χ3n) is 3.89. The van der Waals surface area contributed by atoms with Crippen molar-refractivity contribution in [2.24, 2.45) is 0 Å². The number of aryl methyl sites for hydroxylation is 1. The third-order valence-corrected chi connectivity index (χ3v) is 4.79. The fourth-order valence-corrected chi connectivity index (χ4v) is 3.54. The SMILES string of the molecule is CCOC(=O)c1c(-c2ccc(C)cc2)csc1NC(=O)Nc1ccccc1. The minimum Gasteiger partial charge on any atom is -0.462 e. The number of rotatable bonds is 5. The van der Waals surface area contributed by atoms with Gasteiger partial charge >= 0.3 is 12.0 Å². The zero-order valence-corrected chi connectivity index (χ0v) is 15.9. The Labute approximate surface area is 162 Å². The van der Waals surface area contributed by atoms with E-state index >= 15 is 0 Å². The van der Waals surface area contributed by atoms with Crippen LogP contribution in [0.4, 0.5) is 15.5 Å². The third kappa shape index (κ3) is 4.54. The van der Waals surface area contributed by atoms with E-state index < -0.39 is 12.0 Å². The van der Waals surface area contributed by atoms with E-state index in [1.807, 2.05) is 54.8 Å². The number of benzene rings is 2. The first-order valence-corrected chi connectivity index (χ1v) is 9.45. The zero-order valence-electron chi connectivity index (χ0n) is 15.1. The molecule has 0 unspecified atom stereocenters. The molecule has 0 aliphatic heterocycles. The van der Waals surface area contributed by atoms with Crippen molar-refractivity contribution in [3.8, 4) is 11.1 Å². The summed E-state index contributed by atoms with van der Waals surface area (Å²) in [5, 5.41) is 7.83. The molecule has 3 rings (SSSR count). The molecule has 27 heavy (non-hydrogen) atoms. The van der Waals surface area contributed by atoms with Gasteiger partial charge in [-0.05, 0) is 31.5 Å². The monoisotopic (exact) mass is 380 g/mol. The lowest BCUT2D eigenvalue weighted by Crippen LogP contribution is -2.20. The molecule has 0 saturated heterocycles. The summed E-state index contributed by atoms with van der Waals surface area (Å²) in [6.45, 7) is 4.02. The van der Waals surface area contributed by atoms with Crippen molar-refractivity contribution < 1.29 is 14.3 Å². The van der Waals surface area contributed by atoms with E-state index in [1.54, 1.807) is 19.1 Å². The van der Waals surface area contributed by atoms with Crippen molar-refractivity contribution in [1.29, 1.82) is 0 Å². The average molecular weight is 380 g/mol. The molecular weight excluding hydrogens is 360 g/mol. The van der Waals surface area contributed by atoms with Crippen molar-refractivity contribution >= 4 is 34.0 Å². The van der Waals surface area contributed by atoms with Crippen molar-refractivity contribution in [3.63, 3.8) is 0 Å². The summed E-state index contributed by atoms with van der Waals surface area (Å²) in [6, 6.07) is 16.6. The van der Waals surface area contributed by atoms with E-state index in [9.17, 15) is 9.59 Å². The van der Waals surface area contributed by atoms with Gasteiger partial charge in [0.05, 0.1) is 6.61 Å². The molecule has 0 aliphatic carbocycles.